The van der Waals surface area contributed by atoms with Crippen LogP contribution in [0.25, 0.3) is 0 Å². The third-order valence-electron chi connectivity index (χ3n) is 3.17. The number of carboxylic acids is 1. The highest BCUT2D eigenvalue weighted by molar-refractivity contribution is 5.75. The lowest BCUT2D eigenvalue weighted by molar-refractivity contribution is -0.137. The number of hydrogen-bond acceptors (Lipinski definition) is 2. The number of rotatable bonds is 8. The number of allylic oxidation sites excluding steroid dienone is 1. The summed E-state index contributed by atoms with van der Waals surface area (Å²) in [6, 6.07) is 9.33. The Morgan fingerprint density at radius 2 is 2.05 bits per heavy atom. The predicted molar refractivity (Wildman–Crippen MR) is 82.0 cm³/mol. The molecule has 0 aromatic heterocycles. The molecule has 21 heavy (non-hydrogen) atoms. The molecule has 0 saturated heterocycles. The normalized spacial score (nSPS) is 11.5. The van der Waals surface area contributed by atoms with Crippen molar-refractivity contribution in [1.82, 2.24) is 10.2 Å². The first-order valence-electron chi connectivity index (χ1n) is 6.94. The molecule has 5 heteroatoms. The van der Waals surface area contributed by atoms with Gasteiger partial charge < -0.3 is 15.3 Å². The first-order chi connectivity index (χ1) is 10.0. The Kier molecular flexibility index (Phi) is 7.01. The van der Waals surface area contributed by atoms with Crippen molar-refractivity contribution in [3.63, 3.8) is 0 Å². The quantitative estimate of drug-likeness (QED) is 0.723. The maximum Gasteiger partial charge on any atom is 0.317 e. The lowest BCUT2D eigenvalue weighted by atomic mass is 10.0. The van der Waals surface area contributed by atoms with E-state index in [4.69, 9.17) is 5.11 Å². The number of carboxylic acid groups (broad SMARTS) is 1. The maximum absolute atomic E-state index is 12.1. The summed E-state index contributed by atoms with van der Waals surface area (Å²) in [7, 11) is 1.59. The van der Waals surface area contributed by atoms with Gasteiger partial charge >= 0.3 is 12.0 Å². The summed E-state index contributed by atoms with van der Waals surface area (Å²) in [5, 5.41) is 11.6. The highest BCUT2D eigenvalue weighted by Crippen LogP contribution is 2.18. The second kappa shape index (κ2) is 8.79. The fourth-order valence-electron chi connectivity index (χ4n) is 1.92. The molecule has 0 bridgehead atoms. The number of urea groups is 1. The van der Waals surface area contributed by atoms with Gasteiger partial charge in [-0.15, -0.1) is 6.58 Å². The Labute approximate surface area is 125 Å². The summed E-state index contributed by atoms with van der Waals surface area (Å²) in [4.78, 5) is 24.0. The highest BCUT2D eigenvalue weighted by Gasteiger charge is 2.16. The van der Waals surface area contributed by atoms with Gasteiger partial charge in [-0.25, -0.2) is 4.79 Å². The van der Waals surface area contributed by atoms with Gasteiger partial charge in [0.1, 0.15) is 0 Å². The zero-order valence-electron chi connectivity index (χ0n) is 12.3. The van der Waals surface area contributed by atoms with Gasteiger partial charge in [0.25, 0.3) is 0 Å². The van der Waals surface area contributed by atoms with Crippen molar-refractivity contribution in [3.8, 4) is 0 Å². The molecule has 0 spiro atoms. The van der Waals surface area contributed by atoms with Crippen LogP contribution >= 0.6 is 0 Å². The molecule has 1 aromatic rings. The molecule has 0 heterocycles. The van der Waals surface area contributed by atoms with E-state index in [0.717, 1.165) is 18.4 Å². The minimum Gasteiger partial charge on any atom is -0.481 e. The Bertz CT molecular complexity index is 474. The molecule has 2 N–H and O–H groups in total. The van der Waals surface area contributed by atoms with E-state index in [9.17, 15) is 9.59 Å². The first kappa shape index (κ1) is 16.8. The molecule has 114 valence electrons. The SMILES string of the molecule is C=CCCC(NC(=O)N(C)CCC(=O)O)c1ccccc1. The summed E-state index contributed by atoms with van der Waals surface area (Å²) in [5.41, 5.74) is 1.03. The van der Waals surface area contributed by atoms with E-state index in [1.807, 2.05) is 36.4 Å². The summed E-state index contributed by atoms with van der Waals surface area (Å²) in [5.74, 6) is -0.916. The standard InChI is InChI=1S/C16H22N2O3/c1-3-4-10-14(13-8-6-5-7-9-13)17-16(21)18(2)12-11-15(19)20/h3,5-9,14H,1,4,10-12H2,2H3,(H,17,21)(H,19,20). The number of hydrogen-bond donors (Lipinski definition) is 2. The fourth-order valence-corrected chi connectivity index (χ4v) is 1.92. The van der Waals surface area contributed by atoms with Crippen molar-refractivity contribution < 1.29 is 14.7 Å². The largest absolute Gasteiger partial charge is 0.481 e. The highest BCUT2D eigenvalue weighted by atomic mass is 16.4. The molecule has 0 fully saturated rings. The van der Waals surface area contributed by atoms with Crippen LogP contribution in [0.1, 0.15) is 30.9 Å². The van der Waals surface area contributed by atoms with E-state index in [0.29, 0.717) is 0 Å². The molecule has 2 amide bonds. The number of carbonyl (C=O) groups is 2. The molecule has 1 atom stereocenters. The molecule has 0 aliphatic heterocycles. The predicted octanol–water partition coefficient (Wildman–Crippen LogP) is 2.81. The topological polar surface area (TPSA) is 69.6 Å². The van der Waals surface area contributed by atoms with Crippen LogP contribution in [0.4, 0.5) is 4.79 Å². The van der Waals surface area contributed by atoms with Crippen LogP contribution in [-0.4, -0.2) is 35.6 Å². The van der Waals surface area contributed by atoms with Crippen molar-refractivity contribution >= 4 is 12.0 Å². The molecule has 0 radical (unpaired) electrons. The van der Waals surface area contributed by atoms with Gasteiger partial charge in [0, 0.05) is 13.6 Å². The number of amides is 2. The average Bonchev–Trinajstić information content (AvgIpc) is 2.49. The van der Waals surface area contributed by atoms with E-state index >= 15 is 0 Å². The molecule has 5 nitrogen and oxygen atoms in total. The van der Waals surface area contributed by atoms with E-state index < -0.39 is 5.97 Å². The molecule has 1 rings (SSSR count). The third kappa shape index (κ3) is 6.12. The minimum absolute atomic E-state index is 0.0629. The van der Waals surface area contributed by atoms with E-state index in [1.165, 1.54) is 4.90 Å². The molecule has 0 aliphatic carbocycles. The number of aliphatic carboxylic acids is 1. The Morgan fingerprint density at radius 3 is 2.62 bits per heavy atom. The summed E-state index contributed by atoms with van der Waals surface area (Å²) in [6.45, 7) is 3.89. The Morgan fingerprint density at radius 1 is 1.38 bits per heavy atom. The molecular formula is C16H22N2O3. The molecule has 1 aromatic carbocycles. The van der Waals surface area contributed by atoms with Crippen molar-refractivity contribution in [2.24, 2.45) is 0 Å². The van der Waals surface area contributed by atoms with Crippen molar-refractivity contribution in [2.75, 3.05) is 13.6 Å². The van der Waals surface area contributed by atoms with Gasteiger partial charge in [0.2, 0.25) is 0 Å². The van der Waals surface area contributed by atoms with Crippen LogP contribution < -0.4 is 5.32 Å². The van der Waals surface area contributed by atoms with E-state index in [2.05, 4.69) is 11.9 Å². The van der Waals surface area contributed by atoms with Crippen LogP contribution in [-0.2, 0) is 4.79 Å². The van der Waals surface area contributed by atoms with Crippen LogP contribution in [0, 0.1) is 0 Å². The summed E-state index contributed by atoms with van der Waals surface area (Å²) >= 11 is 0. The van der Waals surface area contributed by atoms with Crippen LogP contribution in [0.5, 0.6) is 0 Å². The molecule has 1 unspecified atom stereocenters. The van der Waals surface area contributed by atoms with Crippen molar-refractivity contribution in [3.05, 3.63) is 48.6 Å². The van der Waals surface area contributed by atoms with Crippen LogP contribution in [0.2, 0.25) is 0 Å². The Hall–Kier alpha value is -2.30. The number of benzene rings is 1. The summed E-state index contributed by atoms with van der Waals surface area (Å²) in [6.07, 6.45) is 3.30. The van der Waals surface area contributed by atoms with Gasteiger partial charge in [-0.2, -0.15) is 0 Å². The van der Waals surface area contributed by atoms with Crippen molar-refractivity contribution in [1.29, 1.82) is 0 Å². The monoisotopic (exact) mass is 290 g/mol. The zero-order valence-corrected chi connectivity index (χ0v) is 12.3. The van der Waals surface area contributed by atoms with Gasteiger partial charge in [-0.3, -0.25) is 4.79 Å². The van der Waals surface area contributed by atoms with Gasteiger partial charge in [0.05, 0.1) is 12.5 Å². The van der Waals surface area contributed by atoms with Crippen LogP contribution in [0.15, 0.2) is 43.0 Å². The Balaban J connectivity index is 2.65. The number of nitrogens with one attached hydrogen (secondary N) is 1. The minimum atomic E-state index is -0.916. The molecule has 0 aliphatic rings. The lowest BCUT2D eigenvalue weighted by Crippen LogP contribution is -2.40. The van der Waals surface area contributed by atoms with Gasteiger partial charge in [0.15, 0.2) is 0 Å². The van der Waals surface area contributed by atoms with E-state index in [1.54, 1.807) is 7.05 Å². The summed E-state index contributed by atoms with van der Waals surface area (Å²) < 4.78 is 0. The maximum atomic E-state index is 12.1. The third-order valence-corrected chi connectivity index (χ3v) is 3.17. The molecule has 0 saturated carbocycles. The molecular weight excluding hydrogens is 268 g/mol. The number of nitrogens with zero attached hydrogens (tertiary/aromatic N) is 1. The van der Waals surface area contributed by atoms with Gasteiger partial charge in [-0.05, 0) is 18.4 Å². The number of carbonyl (C=O) groups excluding carboxylic acids is 1. The van der Waals surface area contributed by atoms with Crippen molar-refractivity contribution in [2.45, 2.75) is 25.3 Å². The lowest BCUT2D eigenvalue weighted by Gasteiger charge is -2.23. The van der Waals surface area contributed by atoms with E-state index in [-0.39, 0.29) is 25.0 Å². The fraction of sp³-hybridized carbons (Fsp3) is 0.375. The first-order valence-corrected chi connectivity index (χ1v) is 6.94. The second-order valence-electron chi connectivity index (χ2n) is 4.84. The second-order valence-corrected chi connectivity index (χ2v) is 4.84. The zero-order chi connectivity index (χ0) is 15.7. The van der Waals surface area contributed by atoms with Crippen LogP contribution in [0.3, 0.4) is 0 Å². The average molecular weight is 290 g/mol. The van der Waals surface area contributed by atoms with Gasteiger partial charge in [-0.1, -0.05) is 36.4 Å². The smallest absolute Gasteiger partial charge is 0.317 e.